The monoisotopic (exact) mass is 259 g/mol. The SMILES string of the molecule is COc1ccc(CN=C(SC)C(C#N)C#N)cc1. The molecule has 0 bridgehead atoms. The Hall–Kier alpha value is -1.98. The summed E-state index contributed by atoms with van der Waals surface area (Å²) < 4.78 is 5.06. The molecule has 0 spiro atoms. The summed E-state index contributed by atoms with van der Waals surface area (Å²) in [6.07, 6.45) is 1.81. The number of benzene rings is 1. The third kappa shape index (κ3) is 3.80. The third-order valence-electron chi connectivity index (χ3n) is 2.29. The van der Waals surface area contributed by atoms with Gasteiger partial charge < -0.3 is 4.74 Å². The van der Waals surface area contributed by atoms with Crippen LogP contribution in [0.2, 0.25) is 0 Å². The van der Waals surface area contributed by atoms with Crippen molar-refractivity contribution in [3.05, 3.63) is 29.8 Å². The molecule has 0 fully saturated rings. The Bertz CT molecular complexity index is 482. The highest BCUT2D eigenvalue weighted by Crippen LogP contribution is 2.14. The molecule has 1 rings (SSSR count). The molecule has 0 unspecified atom stereocenters. The molecule has 1 aromatic carbocycles. The Labute approximate surface area is 111 Å². The summed E-state index contributed by atoms with van der Waals surface area (Å²) in [7, 11) is 1.61. The molecule has 0 N–H and O–H groups in total. The molecule has 4 nitrogen and oxygen atoms in total. The van der Waals surface area contributed by atoms with Gasteiger partial charge in [-0.3, -0.25) is 4.99 Å². The van der Waals surface area contributed by atoms with Crippen LogP contribution in [-0.2, 0) is 6.54 Å². The van der Waals surface area contributed by atoms with Gasteiger partial charge in [0, 0.05) is 0 Å². The molecule has 5 heteroatoms. The van der Waals surface area contributed by atoms with Gasteiger partial charge in [0.15, 0.2) is 5.92 Å². The number of nitriles is 2. The quantitative estimate of drug-likeness (QED) is 0.615. The van der Waals surface area contributed by atoms with Gasteiger partial charge in [-0.1, -0.05) is 12.1 Å². The minimum Gasteiger partial charge on any atom is -0.497 e. The first-order valence-electron chi connectivity index (χ1n) is 5.25. The normalized spacial score (nSPS) is 10.8. The fourth-order valence-electron chi connectivity index (χ4n) is 1.31. The summed E-state index contributed by atoms with van der Waals surface area (Å²) in [5, 5.41) is 18.2. The van der Waals surface area contributed by atoms with E-state index in [0.29, 0.717) is 11.6 Å². The lowest BCUT2D eigenvalue weighted by Crippen LogP contribution is -2.06. The van der Waals surface area contributed by atoms with Crippen LogP contribution in [-0.4, -0.2) is 18.4 Å². The number of thioether (sulfide) groups is 1. The molecule has 0 saturated heterocycles. The van der Waals surface area contributed by atoms with Crippen molar-refractivity contribution in [2.24, 2.45) is 10.9 Å². The van der Waals surface area contributed by atoms with E-state index >= 15 is 0 Å². The second-order valence-electron chi connectivity index (χ2n) is 3.40. The van der Waals surface area contributed by atoms with E-state index in [1.807, 2.05) is 42.7 Å². The molecule has 0 heterocycles. The number of methoxy groups -OCH3 is 1. The van der Waals surface area contributed by atoms with Crippen LogP contribution in [0.4, 0.5) is 0 Å². The predicted octanol–water partition coefficient (Wildman–Crippen LogP) is 2.62. The van der Waals surface area contributed by atoms with Crippen molar-refractivity contribution in [1.82, 2.24) is 0 Å². The number of hydrogen-bond acceptors (Lipinski definition) is 5. The van der Waals surface area contributed by atoms with Gasteiger partial charge in [-0.15, -0.1) is 11.8 Å². The molecule has 18 heavy (non-hydrogen) atoms. The van der Waals surface area contributed by atoms with Crippen molar-refractivity contribution >= 4 is 16.8 Å². The maximum absolute atomic E-state index is 8.81. The zero-order valence-electron chi connectivity index (χ0n) is 10.3. The van der Waals surface area contributed by atoms with Gasteiger partial charge in [-0.05, 0) is 24.0 Å². The first-order chi connectivity index (χ1) is 8.74. The van der Waals surface area contributed by atoms with Crippen molar-refractivity contribution in [2.45, 2.75) is 6.54 Å². The lowest BCUT2D eigenvalue weighted by Gasteiger charge is -2.04. The van der Waals surface area contributed by atoms with Crippen molar-refractivity contribution in [3.8, 4) is 17.9 Å². The number of aliphatic imine (C=N–C) groups is 1. The maximum Gasteiger partial charge on any atom is 0.180 e. The number of hydrogen-bond donors (Lipinski definition) is 0. The topological polar surface area (TPSA) is 69.2 Å². The number of ether oxygens (including phenoxy) is 1. The zero-order chi connectivity index (χ0) is 13.4. The lowest BCUT2D eigenvalue weighted by atomic mass is 10.2. The molecular weight excluding hydrogens is 246 g/mol. The standard InChI is InChI=1S/C13H13N3OS/c1-17-12-5-3-10(4-6-12)9-16-13(18-2)11(7-14)8-15/h3-6,11H,9H2,1-2H3. The molecule has 0 aliphatic rings. The fourth-order valence-corrected chi connectivity index (χ4v) is 1.85. The number of rotatable bonds is 4. The van der Waals surface area contributed by atoms with Crippen molar-refractivity contribution in [2.75, 3.05) is 13.4 Å². The second-order valence-corrected chi connectivity index (χ2v) is 4.22. The third-order valence-corrected chi connectivity index (χ3v) is 3.07. The summed E-state index contributed by atoms with van der Waals surface area (Å²) in [4.78, 5) is 4.30. The van der Waals surface area contributed by atoms with Gasteiger partial charge in [0.2, 0.25) is 0 Å². The van der Waals surface area contributed by atoms with Gasteiger partial charge in [-0.2, -0.15) is 10.5 Å². The minimum atomic E-state index is -0.779. The molecular formula is C13H13N3OS. The van der Waals surface area contributed by atoms with Crippen molar-refractivity contribution in [3.63, 3.8) is 0 Å². The van der Waals surface area contributed by atoms with E-state index in [1.165, 1.54) is 11.8 Å². The van der Waals surface area contributed by atoms with E-state index in [2.05, 4.69) is 4.99 Å². The van der Waals surface area contributed by atoms with Gasteiger partial charge in [0.25, 0.3) is 0 Å². The highest BCUT2D eigenvalue weighted by Gasteiger charge is 2.12. The largest absolute Gasteiger partial charge is 0.497 e. The first-order valence-corrected chi connectivity index (χ1v) is 6.48. The molecule has 0 radical (unpaired) electrons. The Morgan fingerprint density at radius 2 is 1.94 bits per heavy atom. The Kier molecular flexibility index (Phi) is 5.76. The summed E-state index contributed by atoms with van der Waals surface area (Å²) in [5.41, 5.74) is 1.01. The van der Waals surface area contributed by atoms with Gasteiger partial charge >= 0.3 is 0 Å². The maximum atomic E-state index is 8.81. The molecule has 0 saturated carbocycles. The van der Waals surface area contributed by atoms with E-state index < -0.39 is 5.92 Å². The smallest absolute Gasteiger partial charge is 0.180 e. The van der Waals surface area contributed by atoms with Gasteiger partial charge in [-0.25, -0.2) is 0 Å². The van der Waals surface area contributed by atoms with Crippen LogP contribution in [0, 0.1) is 28.6 Å². The summed E-state index contributed by atoms with van der Waals surface area (Å²) >= 11 is 1.33. The second kappa shape index (κ2) is 7.37. The Morgan fingerprint density at radius 3 is 2.39 bits per heavy atom. The zero-order valence-corrected chi connectivity index (χ0v) is 11.1. The minimum absolute atomic E-state index is 0.458. The summed E-state index contributed by atoms with van der Waals surface area (Å²) in [5.74, 6) is 0.0120. The van der Waals surface area contributed by atoms with Gasteiger partial charge in [0.1, 0.15) is 5.75 Å². The Morgan fingerprint density at radius 1 is 1.33 bits per heavy atom. The number of nitrogens with zero attached hydrogens (tertiary/aromatic N) is 3. The van der Waals surface area contributed by atoms with Crippen LogP contribution < -0.4 is 4.74 Å². The molecule has 0 amide bonds. The van der Waals surface area contributed by atoms with Crippen LogP contribution in [0.25, 0.3) is 0 Å². The van der Waals surface area contributed by atoms with E-state index in [0.717, 1.165) is 11.3 Å². The molecule has 0 aromatic heterocycles. The van der Waals surface area contributed by atoms with Crippen LogP contribution >= 0.6 is 11.8 Å². The van der Waals surface area contributed by atoms with E-state index in [4.69, 9.17) is 15.3 Å². The van der Waals surface area contributed by atoms with Crippen LogP contribution in [0.1, 0.15) is 5.56 Å². The van der Waals surface area contributed by atoms with E-state index in [-0.39, 0.29) is 0 Å². The van der Waals surface area contributed by atoms with Gasteiger partial charge in [0.05, 0.1) is 30.8 Å². The Balaban J connectivity index is 2.77. The van der Waals surface area contributed by atoms with Crippen LogP contribution in [0.15, 0.2) is 29.3 Å². The molecule has 0 atom stereocenters. The fraction of sp³-hybridized carbons (Fsp3) is 0.308. The highest BCUT2D eigenvalue weighted by atomic mass is 32.2. The first kappa shape index (κ1) is 14.1. The molecule has 0 aliphatic carbocycles. The molecule has 1 aromatic rings. The summed E-state index contributed by atoms with van der Waals surface area (Å²) in [6.45, 7) is 0.458. The average Bonchev–Trinajstić information content (AvgIpc) is 2.44. The van der Waals surface area contributed by atoms with E-state index in [1.54, 1.807) is 7.11 Å². The predicted molar refractivity (Wildman–Crippen MR) is 72.4 cm³/mol. The van der Waals surface area contributed by atoms with Crippen LogP contribution in [0.3, 0.4) is 0 Å². The van der Waals surface area contributed by atoms with Crippen molar-refractivity contribution in [1.29, 1.82) is 10.5 Å². The highest BCUT2D eigenvalue weighted by molar-refractivity contribution is 8.13. The lowest BCUT2D eigenvalue weighted by molar-refractivity contribution is 0.414. The molecule has 92 valence electrons. The summed E-state index contributed by atoms with van der Waals surface area (Å²) in [6, 6.07) is 11.4. The van der Waals surface area contributed by atoms with E-state index in [9.17, 15) is 0 Å². The van der Waals surface area contributed by atoms with Crippen LogP contribution in [0.5, 0.6) is 5.75 Å². The average molecular weight is 259 g/mol. The van der Waals surface area contributed by atoms with Crippen molar-refractivity contribution < 1.29 is 4.74 Å². The molecule has 0 aliphatic heterocycles.